The monoisotopic (exact) mass is 388 g/mol. The predicted octanol–water partition coefficient (Wildman–Crippen LogP) is 3.65. The Bertz CT molecular complexity index is 506. The van der Waals surface area contributed by atoms with E-state index in [1.165, 1.54) is 5.56 Å². The van der Waals surface area contributed by atoms with Crippen molar-refractivity contribution >= 4 is 34.3 Å². The lowest BCUT2D eigenvalue weighted by molar-refractivity contribution is -0.146. The van der Waals surface area contributed by atoms with E-state index in [9.17, 15) is 9.59 Å². The molecule has 0 fully saturated rings. The van der Waals surface area contributed by atoms with Crippen LogP contribution in [0.3, 0.4) is 0 Å². The molecule has 0 aliphatic rings. The number of halogens is 1. The smallest absolute Gasteiger partial charge is 0.313 e. The summed E-state index contributed by atoms with van der Waals surface area (Å²) >= 11 is 2.29. The van der Waals surface area contributed by atoms with Crippen LogP contribution in [-0.2, 0) is 26.2 Å². The predicted molar refractivity (Wildman–Crippen MR) is 87.8 cm³/mol. The summed E-state index contributed by atoms with van der Waals surface area (Å²) in [4.78, 5) is 23.8. The zero-order valence-corrected chi connectivity index (χ0v) is 14.6. The van der Waals surface area contributed by atoms with Crippen molar-refractivity contribution in [3.05, 3.63) is 32.9 Å². The van der Waals surface area contributed by atoms with Gasteiger partial charge in [0, 0.05) is 8.99 Å². The molecule has 0 aliphatic carbocycles. The number of benzene rings is 1. The molecule has 0 saturated carbocycles. The lowest BCUT2D eigenvalue weighted by atomic mass is 9.79. The number of ether oxygens (including phenoxy) is 1. The van der Waals surface area contributed by atoms with Gasteiger partial charge in [0.2, 0.25) is 0 Å². The Morgan fingerprint density at radius 1 is 1.25 bits per heavy atom. The van der Waals surface area contributed by atoms with Crippen LogP contribution in [-0.4, -0.2) is 18.4 Å². The molecule has 1 aromatic rings. The molecule has 4 heteroatoms. The second kappa shape index (κ2) is 7.20. The molecule has 0 unspecified atom stereocenters. The van der Waals surface area contributed by atoms with Gasteiger partial charge in [-0.05, 0) is 67.0 Å². The van der Waals surface area contributed by atoms with Gasteiger partial charge in [0.1, 0.15) is 6.42 Å². The van der Waals surface area contributed by atoms with Crippen LogP contribution in [0.4, 0.5) is 0 Å². The van der Waals surface area contributed by atoms with Crippen LogP contribution in [0.15, 0.2) is 18.2 Å². The molecule has 0 aliphatic heterocycles. The van der Waals surface area contributed by atoms with E-state index in [4.69, 9.17) is 4.74 Å². The van der Waals surface area contributed by atoms with Crippen LogP contribution < -0.4 is 0 Å². The van der Waals surface area contributed by atoms with Crippen LogP contribution in [0.25, 0.3) is 0 Å². The summed E-state index contributed by atoms with van der Waals surface area (Å²) < 4.78 is 5.99. The van der Waals surface area contributed by atoms with Gasteiger partial charge in [-0.3, -0.25) is 9.59 Å². The zero-order chi connectivity index (χ0) is 15.3. The summed E-state index contributed by atoms with van der Waals surface area (Å²) in [7, 11) is 0. The van der Waals surface area contributed by atoms with Crippen molar-refractivity contribution in [2.45, 2.75) is 46.0 Å². The van der Waals surface area contributed by atoms with Gasteiger partial charge in [0.15, 0.2) is 5.78 Å². The topological polar surface area (TPSA) is 43.4 Å². The van der Waals surface area contributed by atoms with E-state index in [-0.39, 0.29) is 12.2 Å². The van der Waals surface area contributed by atoms with Crippen LogP contribution in [0, 0.1) is 3.57 Å². The maximum absolute atomic E-state index is 12.3. The summed E-state index contributed by atoms with van der Waals surface area (Å²) in [5.74, 6) is -0.568. The Hall–Kier alpha value is -0.910. The summed E-state index contributed by atoms with van der Waals surface area (Å²) in [5.41, 5.74) is 1.52. The molecule has 1 rings (SSSR count). The van der Waals surface area contributed by atoms with Crippen molar-refractivity contribution in [1.82, 2.24) is 0 Å². The quantitative estimate of drug-likeness (QED) is 0.425. The minimum atomic E-state index is -0.682. The lowest BCUT2D eigenvalue weighted by Crippen LogP contribution is -2.31. The largest absolute Gasteiger partial charge is 0.466 e. The molecule has 110 valence electrons. The molecule has 0 saturated heterocycles. The third-order valence-corrected chi connectivity index (χ3v) is 4.47. The number of ketones is 1. The zero-order valence-electron chi connectivity index (χ0n) is 12.5. The Balaban J connectivity index is 2.94. The Morgan fingerprint density at radius 2 is 1.90 bits per heavy atom. The average Bonchev–Trinajstić information content (AvgIpc) is 2.38. The van der Waals surface area contributed by atoms with Crippen LogP contribution >= 0.6 is 22.6 Å². The van der Waals surface area contributed by atoms with E-state index < -0.39 is 11.4 Å². The van der Waals surface area contributed by atoms with Crippen molar-refractivity contribution in [3.8, 4) is 0 Å². The molecule has 3 nitrogen and oxygen atoms in total. The highest BCUT2D eigenvalue weighted by Gasteiger charge is 2.31. The van der Waals surface area contributed by atoms with E-state index in [2.05, 4.69) is 35.6 Å². The van der Waals surface area contributed by atoms with Gasteiger partial charge in [-0.25, -0.2) is 0 Å². The molecule has 0 amide bonds. The normalized spacial score (nSPS) is 11.2. The van der Waals surface area contributed by atoms with Crippen molar-refractivity contribution < 1.29 is 14.3 Å². The Kier molecular flexibility index (Phi) is 6.17. The van der Waals surface area contributed by atoms with Crippen molar-refractivity contribution in [2.24, 2.45) is 0 Å². The van der Waals surface area contributed by atoms with Gasteiger partial charge >= 0.3 is 5.97 Å². The molecule has 0 atom stereocenters. The van der Waals surface area contributed by atoms with E-state index in [0.29, 0.717) is 6.61 Å². The Morgan fingerprint density at radius 3 is 2.40 bits per heavy atom. The maximum Gasteiger partial charge on any atom is 0.313 e. The first kappa shape index (κ1) is 17.1. The summed E-state index contributed by atoms with van der Waals surface area (Å²) in [5, 5.41) is 0. The SMILES string of the molecule is CCOC(=O)CC(=O)C(C)(C)c1ccc(CC)c(I)c1. The van der Waals surface area contributed by atoms with E-state index in [1.54, 1.807) is 6.92 Å². The number of aryl methyl sites for hydroxylation is 1. The van der Waals surface area contributed by atoms with Crippen LogP contribution in [0.2, 0.25) is 0 Å². The second-order valence-electron chi connectivity index (χ2n) is 5.19. The van der Waals surface area contributed by atoms with E-state index in [0.717, 1.165) is 15.6 Å². The number of esters is 1. The summed E-state index contributed by atoms with van der Waals surface area (Å²) in [6, 6.07) is 6.06. The maximum atomic E-state index is 12.3. The third kappa shape index (κ3) is 4.04. The number of carbonyl (C=O) groups is 2. The average molecular weight is 388 g/mol. The molecule has 0 heterocycles. The second-order valence-corrected chi connectivity index (χ2v) is 6.35. The van der Waals surface area contributed by atoms with Crippen LogP contribution in [0.5, 0.6) is 0 Å². The van der Waals surface area contributed by atoms with Crippen molar-refractivity contribution in [1.29, 1.82) is 0 Å². The number of Topliss-reactive ketones (excluding diaryl/α,β-unsaturated/α-hetero) is 1. The first-order valence-corrected chi connectivity index (χ1v) is 7.88. The van der Waals surface area contributed by atoms with Gasteiger partial charge in [-0.15, -0.1) is 0 Å². The molecule has 0 radical (unpaired) electrons. The van der Waals surface area contributed by atoms with Gasteiger partial charge < -0.3 is 4.74 Å². The number of hydrogen-bond donors (Lipinski definition) is 0. The first-order chi connectivity index (χ1) is 9.32. The molecule has 20 heavy (non-hydrogen) atoms. The fraction of sp³-hybridized carbons (Fsp3) is 0.500. The molecule has 1 aromatic carbocycles. The number of carbonyl (C=O) groups excluding carboxylic acids is 2. The molecule has 0 aromatic heterocycles. The first-order valence-electron chi connectivity index (χ1n) is 6.80. The third-order valence-electron chi connectivity index (χ3n) is 3.46. The van der Waals surface area contributed by atoms with Gasteiger partial charge in [0.25, 0.3) is 0 Å². The molecular formula is C16H21IO3. The molecule has 0 N–H and O–H groups in total. The minimum absolute atomic E-state index is 0.115. The molecular weight excluding hydrogens is 367 g/mol. The van der Waals surface area contributed by atoms with Gasteiger partial charge in [-0.2, -0.15) is 0 Å². The van der Waals surface area contributed by atoms with Gasteiger partial charge in [-0.1, -0.05) is 19.1 Å². The highest BCUT2D eigenvalue weighted by atomic mass is 127. The van der Waals surface area contributed by atoms with Gasteiger partial charge in [0.05, 0.1) is 6.61 Å². The van der Waals surface area contributed by atoms with Crippen LogP contribution in [0.1, 0.15) is 45.2 Å². The molecule has 0 bridgehead atoms. The fourth-order valence-electron chi connectivity index (χ4n) is 1.95. The highest BCUT2D eigenvalue weighted by molar-refractivity contribution is 14.1. The van der Waals surface area contributed by atoms with Crippen molar-refractivity contribution in [2.75, 3.05) is 6.61 Å². The summed E-state index contributed by atoms with van der Waals surface area (Å²) in [6.07, 6.45) is 0.794. The highest BCUT2D eigenvalue weighted by Crippen LogP contribution is 2.28. The molecule has 0 spiro atoms. The van der Waals surface area contributed by atoms with E-state index in [1.807, 2.05) is 26.0 Å². The van der Waals surface area contributed by atoms with Crippen molar-refractivity contribution in [3.63, 3.8) is 0 Å². The number of hydrogen-bond acceptors (Lipinski definition) is 3. The summed E-state index contributed by atoms with van der Waals surface area (Å²) in [6.45, 7) is 7.85. The fourth-order valence-corrected chi connectivity index (χ4v) is 2.84. The lowest BCUT2D eigenvalue weighted by Gasteiger charge is -2.24. The van der Waals surface area contributed by atoms with E-state index >= 15 is 0 Å². The number of rotatable bonds is 6. The standard InChI is InChI=1S/C16H21IO3/c1-5-11-7-8-12(9-13(11)17)16(3,4)14(18)10-15(19)20-6-2/h7-9H,5-6,10H2,1-4H3. The Labute approximate surface area is 134 Å². The minimum Gasteiger partial charge on any atom is -0.466 e.